The summed E-state index contributed by atoms with van der Waals surface area (Å²) in [4.78, 5) is 10.6. The highest BCUT2D eigenvalue weighted by Gasteiger charge is 2.27. The van der Waals surface area contributed by atoms with Crippen molar-refractivity contribution >= 4 is 33.2 Å². The first-order chi connectivity index (χ1) is 12.7. The van der Waals surface area contributed by atoms with E-state index in [1.165, 1.54) is 6.26 Å². The normalized spacial score (nSPS) is 18.3. The molecule has 0 bridgehead atoms. The van der Waals surface area contributed by atoms with Gasteiger partial charge in [0.05, 0.1) is 18.4 Å². The van der Waals surface area contributed by atoms with Crippen molar-refractivity contribution in [1.82, 2.24) is 9.97 Å². The standard InChI is InChI=1S/C18H23ClN4O3S/c1-12-8-17(22-18(20)21-12)23-6-3-7-26-10-16(23)14-5-4-13(9-15(14)19)11-27(2,24)25/h4-5,8-9,16H,3,6-7,10-11H2,1-2H3,(H2,20,21,22)/t16-/m1/s1. The Balaban J connectivity index is 1.98. The first kappa shape index (κ1) is 19.9. The molecule has 1 aromatic carbocycles. The Hall–Kier alpha value is -1.90. The number of hydrogen-bond acceptors (Lipinski definition) is 7. The largest absolute Gasteiger partial charge is 0.379 e. The van der Waals surface area contributed by atoms with Crippen molar-refractivity contribution in [3.8, 4) is 0 Å². The minimum absolute atomic E-state index is 0.0421. The number of aromatic nitrogens is 2. The number of ether oxygens (including phenoxy) is 1. The molecule has 0 unspecified atom stereocenters. The number of halogens is 1. The lowest BCUT2D eigenvalue weighted by atomic mass is 10.0. The summed E-state index contributed by atoms with van der Waals surface area (Å²) in [5.74, 6) is 0.912. The average molecular weight is 411 g/mol. The molecule has 9 heteroatoms. The maximum absolute atomic E-state index is 11.5. The average Bonchev–Trinajstić information content (AvgIpc) is 2.78. The van der Waals surface area contributed by atoms with Crippen molar-refractivity contribution in [1.29, 1.82) is 0 Å². The van der Waals surface area contributed by atoms with E-state index in [9.17, 15) is 8.42 Å². The fraction of sp³-hybridized carbons (Fsp3) is 0.444. The molecule has 1 aliphatic rings. The molecule has 3 rings (SSSR count). The van der Waals surface area contributed by atoms with Gasteiger partial charge in [0.25, 0.3) is 0 Å². The van der Waals surface area contributed by atoms with Crippen LogP contribution in [0.1, 0.15) is 29.3 Å². The fourth-order valence-electron chi connectivity index (χ4n) is 3.26. The highest BCUT2D eigenvalue weighted by molar-refractivity contribution is 7.89. The van der Waals surface area contributed by atoms with Crippen molar-refractivity contribution < 1.29 is 13.2 Å². The summed E-state index contributed by atoms with van der Waals surface area (Å²) in [5, 5.41) is 0.510. The topological polar surface area (TPSA) is 98.4 Å². The molecule has 27 heavy (non-hydrogen) atoms. The Morgan fingerprint density at radius 1 is 1.33 bits per heavy atom. The van der Waals surface area contributed by atoms with Gasteiger partial charge in [0, 0.05) is 36.2 Å². The third-order valence-corrected chi connectivity index (χ3v) is 5.53. The summed E-state index contributed by atoms with van der Waals surface area (Å²) >= 11 is 6.53. The molecule has 0 spiro atoms. The lowest BCUT2D eigenvalue weighted by Gasteiger charge is -2.31. The van der Waals surface area contributed by atoms with Gasteiger partial charge in [0.2, 0.25) is 5.95 Å². The molecule has 1 aromatic heterocycles. The fourth-order valence-corrected chi connectivity index (χ4v) is 4.38. The van der Waals surface area contributed by atoms with Gasteiger partial charge in [0.15, 0.2) is 9.84 Å². The molecule has 0 saturated carbocycles. The summed E-state index contributed by atoms with van der Waals surface area (Å²) < 4.78 is 28.9. The third-order valence-electron chi connectivity index (χ3n) is 4.34. The number of nitrogen functional groups attached to an aromatic ring is 1. The molecule has 1 atom stereocenters. The van der Waals surface area contributed by atoms with Gasteiger partial charge in [-0.05, 0) is 30.5 Å². The van der Waals surface area contributed by atoms with Gasteiger partial charge < -0.3 is 15.4 Å². The maximum Gasteiger partial charge on any atom is 0.222 e. The van der Waals surface area contributed by atoms with Crippen LogP contribution in [0, 0.1) is 6.92 Å². The lowest BCUT2D eigenvalue weighted by molar-refractivity contribution is 0.134. The summed E-state index contributed by atoms with van der Waals surface area (Å²) in [6.45, 7) is 3.71. The van der Waals surface area contributed by atoms with Crippen LogP contribution in [-0.2, 0) is 20.3 Å². The monoisotopic (exact) mass is 410 g/mol. The minimum atomic E-state index is -3.13. The third kappa shape index (κ3) is 5.09. The van der Waals surface area contributed by atoms with Crippen LogP contribution in [0.2, 0.25) is 5.02 Å². The van der Waals surface area contributed by atoms with Gasteiger partial charge in [-0.15, -0.1) is 0 Å². The van der Waals surface area contributed by atoms with E-state index in [0.717, 1.165) is 30.0 Å². The second-order valence-corrected chi connectivity index (χ2v) is 9.34. The Morgan fingerprint density at radius 2 is 2.11 bits per heavy atom. The minimum Gasteiger partial charge on any atom is -0.379 e. The Labute approximate surface area is 164 Å². The molecule has 1 fully saturated rings. The van der Waals surface area contributed by atoms with Crippen LogP contribution in [0.15, 0.2) is 24.3 Å². The first-order valence-corrected chi connectivity index (χ1v) is 11.1. The van der Waals surface area contributed by atoms with Crippen LogP contribution in [0.4, 0.5) is 11.8 Å². The predicted octanol–water partition coefficient (Wildman–Crippen LogP) is 2.53. The molecule has 2 N–H and O–H groups in total. The zero-order chi connectivity index (χ0) is 19.6. The van der Waals surface area contributed by atoms with Crippen LogP contribution in [0.5, 0.6) is 0 Å². The molecule has 7 nitrogen and oxygen atoms in total. The van der Waals surface area contributed by atoms with E-state index in [2.05, 4.69) is 14.9 Å². The predicted molar refractivity (Wildman–Crippen MR) is 107 cm³/mol. The molecule has 0 aliphatic carbocycles. The zero-order valence-corrected chi connectivity index (χ0v) is 16.9. The smallest absolute Gasteiger partial charge is 0.222 e. The number of anilines is 2. The van der Waals surface area contributed by atoms with Gasteiger partial charge in [-0.3, -0.25) is 0 Å². The number of nitrogens with two attached hydrogens (primary N) is 1. The number of rotatable bonds is 4. The van der Waals surface area contributed by atoms with Crippen molar-refractivity contribution in [2.75, 3.05) is 36.6 Å². The molecule has 146 valence electrons. The number of benzene rings is 1. The number of nitrogens with zero attached hydrogens (tertiary/aromatic N) is 3. The molecular weight excluding hydrogens is 388 g/mol. The summed E-state index contributed by atoms with van der Waals surface area (Å²) in [5.41, 5.74) is 8.15. The second kappa shape index (κ2) is 8.00. The van der Waals surface area contributed by atoms with Crippen LogP contribution in [0.25, 0.3) is 0 Å². The van der Waals surface area contributed by atoms with E-state index in [1.807, 2.05) is 19.1 Å². The van der Waals surface area contributed by atoms with Crippen LogP contribution >= 0.6 is 11.6 Å². The Kier molecular flexibility index (Phi) is 5.88. The number of hydrogen-bond donors (Lipinski definition) is 1. The molecule has 1 saturated heterocycles. The number of aryl methyl sites for hydroxylation is 1. The SMILES string of the molecule is Cc1cc(N2CCCOC[C@@H]2c2ccc(CS(C)(=O)=O)cc2Cl)nc(N)n1. The van der Waals surface area contributed by atoms with Gasteiger partial charge >= 0.3 is 0 Å². The molecule has 2 heterocycles. The van der Waals surface area contributed by atoms with Crippen LogP contribution < -0.4 is 10.6 Å². The van der Waals surface area contributed by atoms with Gasteiger partial charge in [0.1, 0.15) is 5.82 Å². The highest BCUT2D eigenvalue weighted by atomic mass is 35.5. The van der Waals surface area contributed by atoms with E-state index in [1.54, 1.807) is 12.1 Å². The van der Waals surface area contributed by atoms with Crippen LogP contribution in [0.3, 0.4) is 0 Å². The summed E-state index contributed by atoms with van der Waals surface area (Å²) in [6.07, 6.45) is 2.06. The van der Waals surface area contributed by atoms with E-state index >= 15 is 0 Å². The van der Waals surface area contributed by atoms with Gasteiger partial charge in [-0.25, -0.2) is 13.4 Å². The maximum atomic E-state index is 11.5. The van der Waals surface area contributed by atoms with Gasteiger partial charge in [-0.1, -0.05) is 23.7 Å². The van der Waals surface area contributed by atoms with E-state index < -0.39 is 9.84 Å². The summed E-state index contributed by atoms with van der Waals surface area (Å²) in [6, 6.07) is 7.11. The van der Waals surface area contributed by atoms with E-state index in [0.29, 0.717) is 23.8 Å². The zero-order valence-electron chi connectivity index (χ0n) is 15.4. The van der Waals surface area contributed by atoms with E-state index in [-0.39, 0.29) is 17.7 Å². The van der Waals surface area contributed by atoms with Crippen molar-refractivity contribution in [2.24, 2.45) is 0 Å². The molecule has 1 aliphatic heterocycles. The summed E-state index contributed by atoms with van der Waals surface area (Å²) in [7, 11) is -3.13. The second-order valence-electron chi connectivity index (χ2n) is 6.79. The molecule has 2 aromatic rings. The van der Waals surface area contributed by atoms with Crippen LogP contribution in [-0.4, -0.2) is 44.4 Å². The first-order valence-electron chi connectivity index (χ1n) is 8.64. The van der Waals surface area contributed by atoms with Crippen molar-refractivity contribution in [3.63, 3.8) is 0 Å². The van der Waals surface area contributed by atoms with Crippen molar-refractivity contribution in [2.45, 2.75) is 25.1 Å². The Bertz CT molecular complexity index is 916. The van der Waals surface area contributed by atoms with E-state index in [4.69, 9.17) is 22.1 Å². The lowest BCUT2D eigenvalue weighted by Crippen LogP contribution is -2.32. The molecule has 0 amide bonds. The van der Waals surface area contributed by atoms with Gasteiger partial charge in [-0.2, -0.15) is 4.98 Å². The highest BCUT2D eigenvalue weighted by Crippen LogP contribution is 2.33. The number of sulfone groups is 1. The van der Waals surface area contributed by atoms with Crippen molar-refractivity contribution in [3.05, 3.63) is 46.1 Å². The quantitative estimate of drug-likeness (QED) is 0.826. The molecular formula is C18H23ClN4O3S. The molecule has 0 radical (unpaired) electrons. The Morgan fingerprint density at radius 3 is 2.78 bits per heavy atom.